The van der Waals surface area contributed by atoms with E-state index in [1.807, 2.05) is 12.1 Å². The topological polar surface area (TPSA) is 52.7 Å². The van der Waals surface area contributed by atoms with Gasteiger partial charge in [-0.15, -0.1) is 0 Å². The number of anilines is 1. The van der Waals surface area contributed by atoms with E-state index in [0.29, 0.717) is 23.8 Å². The molecule has 1 N–H and O–H groups in total. The van der Waals surface area contributed by atoms with Crippen molar-refractivity contribution in [1.82, 2.24) is 9.80 Å². The minimum Gasteiger partial charge on any atom is -0.324 e. The molecular formula is C20H29N3O2. The first-order chi connectivity index (χ1) is 12.1. The van der Waals surface area contributed by atoms with Gasteiger partial charge in [0.2, 0.25) is 5.91 Å². The average molecular weight is 343 g/mol. The summed E-state index contributed by atoms with van der Waals surface area (Å²) in [6, 6.07) is 7.70. The van der Waals surface area contributed by atoms with E-state index >= 15 is 0 Å². The van der Waals surface area contributed by atoms with Crippen LogP contribution in [0.25, 0.3) is 0 Å². The van der Waals surface area contributed by atoms with E-state index in [4.69, 9.17) is 0 Å². The molecule has 1 aromatic rings. The van der Waals surface area contributed by atoms with Crippen molar-refractivity contribution in [3.8, 4) is 0 Å². The Morgan fingerprint density at radius 2 is 1.84 bits per heavy atom. The fourth-order valence-corrected chi connectivity index (χ4v) is 4.02. The fourth-order valence-electron chi connectivity index (χ4n) is 4.02. The minimum atomic E-state index is -0.0285. The third-order valence-corrected chi connectivity index (χ3v) is 5.34. The van der Waals surface area contributed by atoms with E-state index in [9.17, 15) is 9.59 Å². The average Bonchev–Trinajstić information content (AvgIpc) is 3.02. The minimum absolute atomic E-state index is 0.0277. The number of piperidine rings is 1. The van der Waals surface area contributed by atoms with Crippen LogP contribution in [0.3, 0.4) is 0 Å². The fraction of sp³-hybridized carbons (Fsp3) is 0.600. The summed E-state index contributed by atoms with van der Waals surface area (Å²) in [4.78, 5) is 29.1. The van der Waals surface area contributed by atoms with Gasteiger partial charge in [-0.1, -0.05) is 18.6 Å². The first-order valence-corrected chi connectivity index (χ1v) is 9.49. The van der Waals surface area contributed by atoms with Crippen LogP contribution < -0.4 is 5.32 Å². The second kappa shape index (κ2) is 8.59. The summed E-state index contributed by atoms with van der Waals surface area (Å²) in [6.07, 6.45) is 6.29. The molecule has 136 valence electrons. The molecule has 0 spiro atoms. The molecule has 0 aromatic heterocycles. The van der Waals surface area contributed by atoms with Crippen molar-refractivity contribution in [3.63, 3.8) is 0 Å². The SMILES string of the molecule is CC(=O)c1ccccc1NC(=O)CN1CCCC1CN1CCCCC1. The lowest BCUT2D eigenvalue weighted by Crippen LogP contribution is -2.44. The van der Waals surface area contributed by atoms with Gasteiger partial charge in [0.25, 0.3) is 0 Å². The lowest BCUT2D eigenvalue weighted by molar-refractivity contribution is -0.117. The largest absolute Gasteiger partial charge is 0.324 e. The molecule has 1 amide bonds. The van der Waals surface area contributed by atoms with Crippen molar-refractivity contribution >= 4 is 17.4 Å². The van der Waals surface area contributed by atoms with Crippen molar-refractivity contribution < 1.29 is 9.59 Å². The Bertz CT molecular complexity index is 611. The summed E-state index contributed by atoms with van der Waals surface area (Å²) >= 11 is 0. The van der Waals surface area contributed by atoms with E-state index in [0.717, 1.165) is 19.5 Å². The number of nitrogens with one attached hydrogen (secondary N) is 1. The number of hydrogen-bond acceptors (Lipinski definition) is 4. The van der Waals surface area contributed by atoms with Crippen LogP contribution in [0.5, 0.6) is 0 Å². The maximum absolute atomic E-state index is 12.5. The van der Waals surface area contributed by atoms with E-state index in [2.05, 4.69) is 15.1 Å². The Kier molecular flexibility index (Phi) is 6.21. The van der Waals surface area contributed by atoms with Gasteiger partial charge in [0, 0.05) is 18.2 Å². The Morgan fingerprint density at radius 3 is 2.60 bits per heavy atom. The molecule has 2 heterocycles. The number of ketones is 1. The van der Waals surface area contributed by atoms with Gasteiger partial charge in [0.15, 0.2) is 5.78 Å². The van der Waals surface area contributed by atoms with Crippen molar-refractivity contribution in [3.05, 3.63) is 29.8 Å². The number of Topliss-reactive ketones (excluding diaryl/α,β-unsaturated/α-hetero) is 1. The highest BCUT2D eigenvalue weighted by Crippen LogP contribution is 2.21. The molecule has 1 atom stereocenters. The van der Waals surface area contributed by atoms with Crippen LogP contribution >= 0.6 is 0 Å². The summed E-state index contributed by atoms with van der Waals surface area (Å²) < 4.78 is 0. The van der Waals surface area contributed by atoms with Crippen LogP contribution in [0.4, 0.5) is 5.69 Å². The van der Waals surface area contributed by atoms with E-state index in [1.165, 1.54) is 45.7 Å². The van der Waals surface area contributed by atoms with Crippen molar-refractivity contribution in [2.45, 2.75) is 45.1 Å². The molecule has 2 aliphatic heterocycles. The molecule has 5 nitrogen and oxygen atoms in total. The predicted molar refractivity (Wildman–Crippen MR) is 100.0 cm³/mol. The lowest BCUT2D eigenvalue weighted by Gasteiger charge is -2.32. The zero-order valence-corrected chi connectivity index (χ0v) is 15.2. The number of rotatable bonds is 6. The van der Waals surface area contributed by atoms with Crippen molar-refractivity contribution in [2.75, 3.05) is 38.0 Å². The number of benzene rings is 1. The number of hydrogen-bond donors (Lipinski definition) is 1. The molecule has 0 aliphatic carbocycles. The molecule has 0 radical (unpaired) electrons. The van der Waals surface area contributed by atoms with E-state index in [1.54, 1.807) is 12.1 Å². The third kappa shape index (κ3) is 4.89. The number of amides is 1. The second-order valence-electron chi connectivity index (χ2n) is 7.28. The molecule has 2 saturated heterocycles. The quantitative estimate of drug-likeness (QED) is 0.807. The van der Waals surface area contributed by atoms with E-state index in [-0.39, 0.29) is 11.7 Å². The van der Waals surface area contributed by atoms with Gasteiger partial charge in [0.1, 0.15) is 0 Å². The maximum atomic E-state index is 12.5. The van der Waals surface area contributed by atoms with Crippen LogP contribution in [0.1, 0.15) is 49.4 Å². The van der Waals surface area contributed by atoms with Gasteiger partial charge in [-0.25, -0.2) is 0 Å². The first-order valence-electron chi connectivity index (χ1n) is 9.49. The van der Waals surface area contributed by atoms with Gasteiger partial charge in [-0.3, -0.25) is 14.5 Å². The molecule has 5 heteroatoms. The summed E-state index contributed by atoms with van der Waals surface area (Å²) in [6.45, 7) is 6.40. The van der Waals surface area contributed by atoms with Crippen LogP contribution in [0.15, 0.2) is 24.3 Å². The lowest BCUT2D eigenvalue weighted by atomic mass is 10.1. The van der Waals surface area contributed by atoms with E-state index < -0.39 is 0 Å². The number of para-hydroxylation sites is 1. The highest BCUT2D eigenvalue weighted by molar-refractivity contribution is 6.04. The molecular weight excluding hydrogens is 314 g/mol. The molecule has 0 saturated carbocycles. The smallest absolute Gasteiger partial charge is 0.238 e. The van der Waals surface area contributed by atoms with Gasteiger partial charge >= 0.3 is 0 Å². The van der Waals surface area contributed by atoms with Crippen LogP contribution in [0.2, 0.25) is 0 Å². The summed E-state index contributed by atoms with van der Waals surface area (Å²) in [5.41, 5.74) is 1.19. The molecule has 1 aromatic carbocycles. The van der Waals surface area contributed by atoms with Crippen LogP contribution in [-0.4, -0.2) is 60.3 Å². The summed E-state index contributed by atoms with van der Waals surface area (Å²) in [7, 11) is 0. The zero-order valence-electron chi connectivity index (χ0n) is 15.2. The van der Waals surface area contributed by atoms with Gasteiger partial charge in [-0.2, -0.15) is 0 Å². The predicted octanol–water partition coefficient (Wildman–Crippen LogP) is 2.78. The highest BCUT2D eigenvalue weighted by atomic mass is 16.2. The van der Waals surface area contributed by atoms with Gasteiger partial charge in [0.05, 0.1) is 12.2 Å². The Morgan fingerprint density at radius 1 is 1.08 bits per heavy atom. The van der Waals surface area contributed by atoms with Crippen molar-refractivity contribution in [2.24, 2.45) is 0 Å². The molecule has 3 rings (SSSR count). The number of carbonyl (C=O) groups is 2. The first kappa shape index (κ1) is 18.1. The van der Waals surface area contributed by atoms with Crippen LogP contribution in [0, 0.1) is 0 Å². The summed E-state index contributed by atoms with van der Waals surface area (Å²) in [5.74, 6) is -0.0562. The summed E-state index contributed by atoms with van der Waals surface area (Å²) in [5, 5.41) is 2.93. The maximum Gasteiger partial charge on any atom is 0.238 e. The highest BCUT2D eigenvalue weighted by Gasteiger charge is 2.28. The van der Waals surface area contributed by atoms with Crippen LogP contribution in [-0.2, 0) is 4.79 Å². The van der Waals surface area contributed by atoms with Gasteiger partial charge in [-0.05, 0) is 64.4 Å². The van der Waals surface area contributed by atoms with Crippen molar-refractivity contribution in [1.29, 1.82) is 0 Å². The Labute approximate surface area is 150 Å². The molecule has 2 fully saturated rings. The zero-order chi connectivity index (χ0) is 17.6. The normalized spacial score (nSPS) is 22.0. The number of carbonyl (C=O) groups excluding carboxylic acids is 2. The second-order valence-corrected chi connectivity index (χ2v) is 7.28. The molecule has 1 unspecified atom stereocenters. The Hall–Kier alpha value is -1.72. The standard InChI is InChI=1S/C20H29N3O2/c1-16(24)18-9-3-4-10-19(18)21-20(25)15-23-13-7-8-17(23)14-22-11-5-2-6-12-22/h3-4,9-10,17H,2,5-8,11-15H2,1H3,(H,21,25). The Balaban J connectivity index is 1.55. The monoisotopic (exact) mass is 343 g/mol. The van der Waals surface area contributed by atoms with Gasteiger partial charge < -0.3 is 10.2 Å². The molecule has 0 bridgehead atoms. The number of nitrogens with zero attached hydrogens (tertiary/aromatic N) is 2. The molecule has 25 heavy (non-hydrogen) atoms. The number of likely N-dealkylation sites (tertiary alicyclic amines) is 2. The third-order valence-electron chi connectivity index (χ3n) is 5.34. The molecule has 2 aliphatic rings.